The van der Waals surface area contributed by atoms with E-state index in [1.165, 1.54) is 0 Å². The Bertz CT molecular complexity index is 453. The maximum absolute atomic E-state index is 10.8. The Kier molecular flexibility index (Phi) is 4.16. The van der Waals surface area contributed by atoms with Crippen LogP contribution >= 0.6 is 11.6 Å². The minimum atomic E-state index is -0.450. The normalized spacial score (nSPS) is 20.9. The van der Waals surface area contributed by atoms with Crippen molar-refractivity contribution in [3.8, 4) is 0 Å². The van der Waals surface area contributed by atoms with Crippen LogP contribution in [-0.2, 0) is 11.3 Å². The molecule has 0 N–H and O–H groups in total. The lowest BCUT2D eigenvalue weighted by molar-refractivity contribution is -0.384. The molecular formula is C12H15ClN2O3. The minimum absolute atomic E-state index is 0.0323. The zero-order chi connectivity index (χ0) is 13.1. The second-order valence-electron chi connectivity index (χ2n) is 4.44. The molecular weight excluding hydrogens is 256 g/mol. The van der Waals surface area contributed by atoms with Crippen LogP contribution < -0.4 is 0 Å². The van der Waals surface area contributed by atoms with Gasteiger partial charge in [-0.25, -0.2) is 0 Å². The van der Waals surface area contributed by atoms with Gasteiger partial charge < -0.3 is 4.74 Å². The summed E-state index contributed by atoms with van der Waals surface area (Å²) in [5, 5.41) is 11.0. The zero-order valence-electron chi connectivity index (χ0n) is 10.1. The molecule has 0 aliphatic carbocycles. The van der Waals surface area contributed by atoms with E-state index < -0.39 is 4.92 Å². The van der Waals surface area contributed by atoms with Crippen LogP contribution in [0.1, 0.15) is 12.5 Å². The van der Waals surface area contributed by atoms with Gasteiger partial charge in [-0.2, -0.15) is 0 Å². The van der Waals surface area contributed by atoms with Gasteiger partial charge in [0.25, 0.3) is 5.69 Å². The van der Waals surface area contributed by atoms with Crippen LogP contribution in [0.25, 0.3) is 0 Å². The van der Waals surface area contributed by atoms with Crippen LogP contribution in [0.3, 0.4) is 0 Å². The molecule has 0 radical (unpaired) electrons. The molecule has 1 aliphatic rings. The van der Waals surface area contributed by atoms with Gasteiger partial charge in [0, 0.05) is 25.2 Å². The number of morpholine rings is 1. The van der Waals surface area contributed by atoms with E-state index in [9.17, 15) is 10.1 Å². The summed E-state index contributed by atoms with van der Waals surface area (Å²) in [5.41, 5.74) is 0.870. The molecule has 6 heteroatoms. The van der Waals surface area contributed by atoms with Gasteiger partial charge >= 0.3 is 0 Å². The fourth-order valence-electron chi connectivity index (χ4n) is 2.03. The monoisotopic (exact) mass is 270 g/mol. The second kappa shape index (κ2) is 5.65. The highest BCUT2D eigenvalue weighted by Gasteiger charge is 2.20. The quantitative estimate of drug-likeness (QED) is 0.625. The Hall–Kier alpha value is -1.17. The first-order chi connectivity index (χ1) is 8.58. The SMILES string of the molecule is CC1COCCN1Cc1ccc(Cl)c([N+](=O)[O-])c1. The van der Waals surface area contributed by atoms with Crippen molar-refractivity contribution in [1.29, 1.82) is 0 Å². The Morgan fingerprint density at radius 2 is 2.39 bits per heavy atom. The molecule has 0 spiro atoms. The number of rotatable bonds is 3. The van der Waals surface area contributed by atoms with E-state index in [1.54, 1.807) is 12.1 Å². The number of nitro benzene ring substituents is 1. The van der Waals surface area contributed by atoms with Crippen LogP contribution in [0.15, 0.2) is 18.2 Å². The Morgan fingerprint density at radius 1 is 1.61 bits per heavy atom. The first-order valence-corrected chi connectivity index (χ1v) is 6.20. The van der Waals surface area contributed by atoms with Crippen molar-refractivity contribution in [2.75, 3.05) is 19.8 Å². The van der Waals surface area contributed by atoms with Crippen LogP contribution in [0, 0.1) is 10.1 Å². The third kappa shape index (κ3) is 2.98. The van der Waals surface area contributed by atoms with E-state index in [4.69, 9.17) is 16.3 Å². The van der Waals surface area contributed by atoms with Crippen molar-refractivity contribution in [2.45, 2.75) is 19.5 Å². The number of benzene rings is 1. The Morgan fingerprint density at radius 3 is 3.06 bits per heavy atom. The average Bonchev–Trinajstić information content (AvgIpc) is 2.34. The molecule has 1 unspecified atom stereocenters. The topological polar surface area (TPSA) is 55.6 Å². The molecule has 1 aromatic rings. The van der Waals surface area contributed by atoms with Crippen LogP contribution in [-0.4, -0.2) is 35.6 Å². The summed E-state index contributed by atoms with van der Waals surface area (Å²) in [6.07, 6.45) is 0. The summed E-state index contributed by atoms with van der Waals surface area (Å²) >= 11 is 5.79. The van der Waals surface area contributed by atoms with Crippen molar-refractivity contribution in [1.82, 2.24) is 4.90 Å². The molecule has 0 aromatic heterocycles. The highest BCUT2D eigenvalue weighted by molar-refractivity contribution is 6.32. The molecule has 18 heavy (non-hydrogen) atoms. The highest BCUT2D eigenvalue weighted by atomic mass is 35.5. The van der Waals surface area contributed by atoms with E-state index in [2.05, 4.69) is 11.8 Å². The van der Waals surface area contributed by atoms with Crippen LogP contribution in [0.4, 0.5) is 5.69 Å². The van der Waals surface area contributed by atoms with E-state index >= 15 is 0 Å². The third-order valence-corrected chi connectivity index (χ3v) is 3.42. The lowest BCUT2D eigenvalue weighted by Gasteiger charge is -2.33. The number of hydrogen-bond acceptors (Lipinski definition) is 4. The Balaban J connectivity index is 2.14. The molecule has 98 valence electrons. The number of ether oxygens (including phenoxy) is 1. The van der Waals surface area contributed by atoms with Gasteiger partial charge in [0.1, 0.15) is 5.02 Å². The van der Waals surface area contributed by atoms with E-state index in [0.717, 1.165) is 12.1 Å². The first-order valence-electron chi connectivity index (χ1n) is 5.82. The lowest BCUT2D eigenvalue weighted by Crippen LogP contribution is -2.42. The van der Waals surface area contributed by atoms with Gasteiger partial charge in [-0.1, -0.05) is 17.7 Å². The van der Waals surface area contributed by atoms with Gasteiger partial charge in [0.15, 0.2) is 0 Å². The number of hydrogen-bond donors (Lipinski definition) is 0. The number of nitro groups is 1. The van der Waals surface area contributed by atoms with Crippen LogP contribution in [0.2, 0.25) is 5.02 Å². The molecule has 1 atom stereocenters. The van der Waals surface area contributed by atoms with Crippen molar-refractivity contribution in [2.24, 2.45) is 0 Å². The summed E-state index contributed by atoms with van der Waals surface area (Å²) in [6.45, 7) is 5.03. The van der Waals surface area contributed by atoms with Crippen molar-refractivity contribution in [3.63, 3.8) is 0 Å². The fraction of sp³-hybridized carbons (Fsp3) is 0.500. The number of halogens is 1. The van der Waals surface area contributed by atoms with Gasteiger partial charge in [-0.15, -0.1) is 0 Å². The van der Waals surface area contributed by atoms with Crippen molar-refractivity contribution < 1.29 is 9.66 Å². The summed E-state index contributed by atoms with van der Waals surface area (Å²) in [5.74, 6) is 0. The lowest BCUT2D eigenvalue weighted by atomic mass is 10.1. The predicted octanol–water partition coefficient (Wildman–Crippen LogP) is 2.47. The molecule has 1 heterocycles. The minimum Gasteiger partial charge on any atom is -0.379 e. The molecule has 2 rings (SSSR count). The third-order valence-electron chi connectivity index (χ3n) is 3.10. The molecule has 5 nitrogen and oxygen atoms in total. The van der Waals surface area contributed by atoms with Crippen molar-refractivity contribution >= 4 is 17.3 Å². The standard InChI is InChI=1S/C12H15ClN2O3/c1-9-8-18-5-4-14(9)7-10-2-3-11(13)12(6-10)15(16)17/h2-3,6,9H,4-5,7-8H2,1H3. The molecule has 0 amide bonds. The smallest absolute Gasteiger partial charge is 0.288 e. The average molecular weight is 271 g/mol. The van der Waals surface area contributed by atoms with E-state index in [-0.39, 0.29) is 10.7 Å². The molecule has 1 fully saturated rings. The highest BCUT2D eigenvalue weighted by Crippen LogP contribution is 2.26. The summed E-state index contributed by atoms with van der Waals surface area (Å²) in [4.78, 5) is 12.6. The first kappa shape index (κ1) is 13.3. The summed E-state index contributed by atoms with van der Waals surface area (Å²) in [7, 11) is 0. The van der Waals surface area contributed by atoms with E-state index in [1.807, 2.05) is 6.07 Å². The maximum Gasteiger partial charge on any atom is 0.288 e. The second-order valence-corrected chi connectivity index (χ2v) is 4.84. The molecule has 1 aromatic carbocycles. The van der Waals surface area contributed by atoms with Gasteiger partial charge in [-0.3, -0.25) is 15.0 Å². The van der Waals surface area contributed by atoms with Gasteiger partial charge in [0.05, 0.1) is 18.1 Å². The molecule has 1 saturated heterocycles. The Labute approximate surface area is 110 Å². The molecule has 1 aliphatic heterocycles. The van der Waals surface area contributed by atoms with Crippen molar-refractivity contribution in [3.05, 3.63) is 38.9 Å². The fourth-order valence-corrected chi connectivity index (χ4v) is 2.21. The molecule has 0 bridgehead atoms. The molecule has 0 saturated carbocycles. The predicted molar refractivity (Wildman–Crippen MR) is 68.8 cm³/mol. The van der Waals surface area contributed by atoms with E-state index in [0.29, 0.717) is 25.8 Å². The zero-order valence-corrected chi connectivity index (χ0v) is 10.9. The summed E-state index contributed by atoms with van der Waals surface area (Å²) < 4.78 is 5.36. The van der Waals surface area contributed by atoms with Gasteiger partial charge in [-0.05, 0) is 18.6 Å². The van der Waals surface area contributed by atoms with Gasteiger partial charge in [0.2, 0.25) is 0 Å². The number of nitrogens with zero attached hydrogens (tertiary/aromatic N) is 2. The van der Waals surface area contributed by atoms with Crippen LogP contribution in [0.5, 0.6) is 0 Å². The largest absolute Gasteiger partial charge is 0.379 e. The maximum atomic E-state index is 10.8. The summed E-state index contributed by atoms with van der Waals surface area (Å²) in [6, 6.07) is 5.29.